The quantitative estimate of drug-likeness (QED) is 0.545. The second-order valence-corrected chi connectivity index (χ2v) is 5.58. The smallest absolute Gasteiger partial charge is 0.135 e. The Morgan fingerprint density at radius 2 is 1.04 bits per heavy atom. The van der Waals surface area contributed by atoms with Crippen LogP contribution in [-0.2, 0) is 0 Å². The van der Waals surface area contributed by atoms with Gasteiger partial charge in [-0.1, -0.05) is 48.5 Å². The van der Waals surface area contributed by atoms with E-state index < -0.39 is 0 Å². The van der Waals surface area contributed by atoms with Crippen LogP contribution in [0.1, 0.15) is 0 Å². The maximum atomic E-state index is 7.00. The third kappa shape index (κ3) is 4.37. The number of aliphatic hydroxyl groups excluding tert-OH is 1. The molecule has 0 bridgehead atoms. The lowest BCUT2D eigenvalue weighted by Gasteiger charge is -2.14. The topological polar surface area (TPSA) is 55.2 Å². The summed E-state index contributed by atoms with van der Waals surface area (Å²) < 4.78 is 6.29. The summed E-state index contributed by atoms with van der Waals surface area (Å²) in [6, 6.07) is 23.9. The number of benzene rings is 2. The van der Waals surface area contributed by atoms with Gasteiger partial charge >= 0.3 is 0 Å². The summed E-state index contributed by atoms with van der Waals surface area (Å²) >= 11 is 0. The van der Waals surface area contributed by atoms with Crippen LogP contribution in [0.5, 0.6) is 11.5 Å². The molecule has 0 saturated carbocycles. The average Bonchev–Trinajstić information content (AvgIpc) is 2.77. The number of aliphatic hydroxyl groups is 1. The minimum atomic E-state index is 0.798. The Bertz CT molecular complexity index is 893. The first-order chi connectivity index (χ1) is 13.4. The molecule has 27 heavy (non-hydrogen) atoms. The van der Waals surface area contributed by atoms with Gasteiger partial charge in [0.15, 0.2) is 0 Å². The molecular weight excluding hydrogens is 336 g/mol. The molecule has 4 nitrogen and oxygen atoms in total. The molecule has 0 amide bonds. The molecule has 0 saturated heterocycles. The first kappa shape index (κ1) is 18.3. The third-order valence-corrected chi connectivity index (χ3v) is 3.94. The van der Waals surface area contributed by atoms with Gasteiger partial charge in [0, 0.05) is 54.2 Å². The van der Waals surface area contributed by atoms with Gasteiger partial charge in [-0.25, -0.2) is 0 Å². The van der Waals surface area contributed by atoms with Crippen LogP contribution >= 0.6 is 0 Å². The van der Waals surface area contributed by atoms with Crippen molar-refractivity contribution in [1.29, 1.82) is 0 Å². The van der Waals surface area contributed by atoms with Gasteiger partial charge in [-0.2, -0.15) is 0 Å². The van der Waals surface area contributed by atoms with Crippen LogP contribution in [0, 0.1) is 0 Å². The van der Waals surface area contributed by atoms with Gasteiger partial charge < -0.3 is 9.84 Å². The van der Waals surface area contributed by atoms with Gasteiger partial charge in [-0.3, -0.25) is 9.97 Å². The molecule has 2 heterocycles. The van der Waals surface area contributed by atoms with E-state index in [1.54, 1.807) is 12.4 Å². The highest BCUT2D eigenvalue weighted by Crippen LogP contribution is 2.37. The molecule has 2 aromatic heterocycles. The van der Waals surface area contributed by atoms with Crippen molar-refractivity contribution in [3.63, 3.8) is 0 Å². The third-order valence-electron chi connectivity index (χ3n) is 3.94. The maximum Gasteiger partial charge on any atom is 0.135 e. The maximum absolute atomic E-state index is 7.00. The molecule has 0 fully saturated rings. The van der Waals surface area contributed by atoms with Crippen LogP contribution < -0.4 is 4.74 Å². The fraction of sp³-hybridized carbons (Fsp3) is 0.0435. The average molecular weight is 356 g/mol. The molecule has 134 valence electrons. The summed E-state index contributed by atoms with van der Waals surface area (Å²) in [5.41, 5.74) is 4.07. The second-order valence-electron chi connectivity index (χ2n) is 5.58. The number of ether oxygens (including phenoxy) is 1. The fourth-order valence-electron chi connectivity index (χ4n) is 2.75. The largest absolute Gasteiger partial charge is 0.456 e. The first-order valence-corrected chi connectivity index (χ1v) is 8.53. The molecule has 2 aromatic carbocycles. The van der Waals surface area contributed by atoms with E-state index in [1.807, 2.05) is 85.2 Å². The van der Waals surface area contributed by atoms with Crippen molar-refractivity contribution in [1.82, 2.24) is 9.97 Å². The number of rotatable bonds is 4. The standard InChI is InChI=1S/C22H16N2O.CH4O/c1-3-11-21(19(9-1)17-7-5-13-23-15-17)25-22-12-4-2-10-20(22)18-8-6-14-24-16-18;1-2/h1-16H;2H,1H3. The van der Waals surface area contributed by atoms with Gasteiger partial charge in [0.05, 0.1) is 0 Å². The van der Waals surface area contributed by atoms with Crippen molar-refractivity contribution in [2.75, 3.05) is 7.11 Å². The number of para-hydroxylation sites is 2. The lowest BCUT2D eigenvalue weighted by molar-refractivity contribution is 0.399. The number of nitrogens with zero attached hydrogens (tertiary/aromatic N) is 2. The van der Waals surface area contributed by atoms with Crippen LogP contribution in [0.4, 0.5) is 0 Å². The van der Waals surface area contributed by atoms with E-state index >= 15 is 0 Å². The zero-order chi connectivity index (χ0) is 18.9. The van der Waals surface area contributed by atoms with E-state index in [1.165, 1.54) is 0 Å². The van der Waals surface area contributed by atoms with Crippen molar-refractivity contribution < 1.29 is 9.84 Å². The lowest BCUT2D eigenvalue weighted by Crippen LogP contribution is -1.91. The molecule has 4 aromatic rings. The molecule has 0 radical (unpaired) electrons. The predicted molar refractivity (Wildman–Crippen MR) is 108 cm³/mol. The van der Waals surface area contributed by atoms with E-state index in [0.717, 1.165) is 40.9 Å². The number of hydrogen-bond donors (Lipinski definition) is 1. The Hall–Kier alpha value is -3.50. The first-order valence-electron chi connectivity index (χ1n) is 8.53. The van der Waals surface area contributed by atoms with E-state index in [2.05, 4.69) is 9.97 Å². The van der Waals surface area contributed by atoms with E-state index in [0.29, 0.717) is 0 Å². The minimum absolute atomic E-state index is 0.798. The number of pyridine rings is 2. The molecule has 0 spiro atoms. The van der Waals surface area contributed by atoms with E-state index in [9.17, 15) is 0 Å². The SMILES string of the molecule is CO.c1cncc(-c2ccccc2Oc2ccccc2-c2cccnc2)c1. The molecule has 4 heteroatoms. The van der Waals surface area contributed by atoms with Gasteiger partial charge in [0.1, 0.15) is 11.5 Å². The summed E-state index contributed by atoms with van der Waals surface area (Å²) in [7, 11) is 1.00. The van der Waals surface area contributed by atoms with E-state index in [4.69, 9.17) is 9.84 Å². The summed E-state index contributed by atoms with van der Waals surface area (Å²) in [5, 5.41) is 7.00. The van der Waals surface area contributed by atoms with Crippen molar-refractivity contribution in [3.05, 3.63) is 97.6 Å². The normalized spacial score (nSPS) is 9.85. The van der Waals surface area contributed by atoms with Gasteiger partial charge in [0.25, 0.3) is 0 Å². The molecule has 1 N–H and O–H groups in total. The van der Waals surface area contributed by atoms with Crippen LogP contribution in [0.25, 0.3) is 22.3 Å². The summed E-state index contributed by atoms with van der Waals surface area (Å²) in [6.45, 7) is 0. The molecule has 0 unspecified atom stereocenters. The zero-order valence-corrected chi connectivity index (χ0v) is 15.0. The van der Waals surface area contributed by atoms with Crippen LogP contribution in [0.3, 0.4) is 0 Å². The Morgan fingerprint density at radius 1 is 0.593 bits per heavy atom. The lowest BCUT2D eigenvalue weighted by atomic mass is 10.1. The minimum Gasteiger partial charge on any atom is -0.456 e. The fourth-order valence-corrected chi connectivity index (χ4v) is 2.75. The van der Waals surface area contributed by atoms with E-state index in [-0.39, 0.29) is 0 Å². The van der Waals surface area contributed by atoms with Crippen LogP contribution in [-0.4, -0.2) is 22.2 Å². The Labute approximate surface area is 158 Å². The van der Waals surface area contributed by atoms with Crippen molar-refractivity contribution in [2.45, 2.75) is 0 Å². The number of aromatic nitrogens is 2. The predicted octanol–water partition coefficient (Wildman–Crippen LogP) is 5.21. The molecular formula is C23H20N2O2. The van der Waals surface area contributed by atoms with Crippen molar-refractivity contribution >= 4 is 0 Å². The summed E-state index contributed by atoms with van der Waals surface area (Å²) in [5.74, 6) is 1.60. The van der Waals surface area contributed by atoms with Crippen molar-refractivity contribution in [2.24, 2.45) is 0 Å². The molecule has 0 aliphatic heterocycles. The molecule has 0 aliphatic carbocycles. The second kappa shape index (κ2) is 9.27. The summed E-state index contributed by atoms with van der Waals surface area (Å²) in [6.07, 6.45) is 7.22. The molecule has 4 rings (SSSR count). The molecule has 0 aliphatic rings. The zero-order valence-electron chi connectivity index (χ0n) is 15.0. The van der Waals surface area contributed by atoms with Gasteiger partial charge in [-0.15, -0.1) is 0 Å². The van der Waals surface area contributed by atoms with Crippen LogP contribution in [0.2, 0.25) is 0 Å². The number of hydrogen-bond acceptors (Lipinski definition) is 4. The highest BCUT2D eigenvalue weighted by Gasteiger charge is 2.10. The van der Waals surface area contributed by atoms with Crippen LogP contribution in [0.15, 0.2) is 97.6 Å². The highest BCUT2D eigenvalue weighted by molar-refractivity contribution is 5.73. The van der Waals surface area contributed by atoms with Gasteiger partial charge in [0.2, 0.25) is 0 Å². The Balaban J connectivity index is 0.00000102. The Kier molecular flexibility index (Phi) is 6.28. The van der Waals surface area contributed by atoms with Gasteiger partial charge in [-0.05, 0) is 24.3 Å². The van der Waals surface area contributed by atoms with Crippen molar-refractivity contribution in [3.8, 4) is 33.8 Å². The monoisotopic (exact) mass is 356 g/mol. The summed E-state index contributed by atoms with van der Waals surface area (Å²) in [4.78, 5) is 8.42. The Morgan fingerprint density at radius 3 is 1.44 bits per heavy atom. The highest BCUT2D eigenvalue weighted by atomic mass is 16.5. The molecule has 0 atom stereocenters.